The van der Waals surface area contributed by atoms with E-state index in [2.05, 4.69) is 20.9 Å². The van der Waals surface area contributed by atoms with Gasteiger partial charge in [0, 0.05) is 10.0 Å². The minimum atomic E-state index is -5.08. The van der Waals surface area contributed by atoms with E-state index < -0.39 is 23.2 Å². The third-order valence-electron chi connectivity index (χ3n) is 2.42. The Bertz CT molecular complexity index is 728. The predicted molar refractivity (Wildman–Crippen MR) is 76.9 cm³/mol. The maximum atomic E-state index is 12.2. The Hall–Kier alpha value is -1.94. The molecule has 0 aliphatic heterocycles. The molecule has 0 saturated heterocycles. The number of benzene rings is 1. The molecule has 1 aromatic carbocycles. The van der Waals surface area contributed by atoms with Crippen LogP contribution in [0.5, 0.6) is 0 Å². The number of nitrogens with one attached hydrogen (secondary N) is 1. The first-order valence-corrected chi connectivity index (χ1v) is 7.17. The Morgan fingerprint density at radius 3 is 2.32 bits per heavy atom. The van der Waals surface area contributed by atoms with Crippen molar-refractivity contribution in [3.05, 3.63) is 33.6 Å². The van der Waals surface area contributed by atoms with Crippen molar-refractivity contribution in [3.8, 4) is 11.3 Å². The molecule has 0 radical (unpaired) electrons. The summed E-state index contributed by atoms with van der Waals surface area (Å²) in [7, 11) is 0. The molecule has 5 nitrogen and oxygen atoms in total. The second kappa shape index (κ2) is 6.05. The summed E-state index contributed by atoms with van der Waals surface area (Å²) in [5.41, 5.74) is 0.395. The zero-order valence-corrected chi connectivity index (χ0v) is 12.8. The second-order valence-electron chi connectivity index (χ2n) is 3.96. The number of alkyl halides is 3. The number of rotatable bonds is 3. The van der Waals surface area contributed by atoms with Crippen molar-refractivity contribution >= 4 is 44.3 Å². The molecule has 10 heteroatoms. The van der Waals surface area contributed by atoms with Gasteiger partial charge in [-0.3, -0.25) is 10.1 Å². The van der Waals surface area contributed by atoms with Crippen LogP contribution in [0.2, 0.25) is 0 Å². The maximum absolute atomic E-state index is 12.2. The number of thiazole rings is 1. The van der Waals surface area contributed by atoms with Gasteiger partial charge < -0.3 is 5.11 Å². The van der Waals surface area contributed by atoms with E-state index in [-0.39, 0.29) is 10.6 Å². The lowest BCUT2D eigenvalue weighted by Gasteiger charge is -2.04. The van der Waals surface area contributed by atoms with Crippen molar-refractivity contribution in [1.29, 1.82) is 0 Å². The molecule has 0 aliphatic carbocycles. The first kappa shape index (κ1) is 16.4. The highest BCUT2D eigenvalue weighted by Crippen LogP contribution is 2.32. The van der Waals surface area contributed by atoms with Gasteiger partial charge in [-0.2, -0.15) is 13.2 Å². The largest absolute Gasteiger partial charge is 0.477 e. The zero-order valence-electron chi connectivity index (χ0n) is 10.4. The van der Waals surface area contributed by atoms with Crippen LogP contribution in [-0.2, 0) is 4.79 Å². The van der Waals surface area contributed by atoms with Crippen LogP contribution >= 0.6 is 27.3 Å². The van der Waals surface area contributed by atoms with E-state index in [1.165, 1.54) is 0 Å². The van der Waals surface area contributed by atoms with Gasteiger partial charge >= 0.3 is 18.1 Å². The van der Waals surface area contributed by atoms with Crippen molar-refractivity contribution in [1.82, 2.24) is 4.98 Å². The van der Waals surface area contributed by atoms with Gasteiger partial charge in [0.1, 0.15) is 4.88 Å². The molecule has 2 N–H and O–H groups in total. The van der Waals surface area contributed by atoms with E-state index in [9.17, 15) is 22.8 Å². The van der Waals surface area contributed by atoms with Gasteiger partial charge in [-0.15, -0.1) is 0 Å². The molecule has 116 valence electrons. The van der Waals surface area contributed by atoms with Gasteiger partial charge in [0.2, 0.25) is 0 Å². The third-order valence-corrected chi connectivity index (χ3v) is 3.90. The minimum Gasteiger partial charge on any atom is -0.477 e. The number of hydrogen-bond donors (Lipinski definition) is 2. The van der Waals surface area contributed by atoms with Gasteiger partial charge in [0.15, 0.2) is 5.13 Å². The number of carboxylic acids is 1. The number of halogens is 4. The second-order valence-corrected chi connectivity index (χ2v) is 5.88. The molecule has 0 bridgehead atoms. The van der Waals surface area contributed by atoms with E-state index in [0.29, 0.717) is 16.9 Å². The van der Waals surface area contributed by atoms with Gasteiger partial charge in [-0.05, 0) is 12.1 Å². The molecular formula is C12H6BrF3N2O3S. The number of aromatic carboxylic acids is 1. The highest BCUT2D eigenvalue weighted by Gasteiger charge is 2.39. The molecule has 0 spiro atoms. The smallest absolute Gasteiger partial charge is 0.471 e. The van der Waals surface area contributed by atoms with Gasteiger partial charge in [0.05, 0.1) is 5.69 Å². The number of carboxylic acid groups (broad SMARTS) is 1. The summed E-state index contributed by atoms with van der Waals surface area (Å²) in [5, 5.41) is 10.2. The molecule has 0 aliphatic rings. The number of aromatic nitrogens is 1. The fourth-order valence-electron chi connectivity index (χ4n) is 1.49. The standard InChI is InChI=1S/C12H6BrF3N2O3S/c13-6-3-1-5(2-4-6)7-8(9(19)20)22-11(17-7)18-10(21)12(14,15)16/h1-4H,(H,19,20)(H,17,18,21). The Balaban J connectivity index is 2.40. The maximum Gasteiger partial charge on any atom is 0.471 e. The van der Waals surface area contributed by atoms with Crippen LogP contribution < -0.4 is 5.32 Å². The van der Waals surface area contributed by atoms with Crippen LogP contribution in [0, 0.1) is 0 Å². The minimum absolute atomic E-state index is 0.0116. The third kappa shape index (κ3) is 3.63. The summed E-state index contributed by atoms with van der Waals surface area (Å²) in [6, 6.07) is 6.38. The number of carbonyl (C=O) groups excluding carboxylic acids is 1. The molecular weight excluding hydrogens is 389 g/mol. The quantitative estimate of drug-likeness (QED) is 0.830. The number of nitrogens with zero attached hydrogens (tertiary/aromatic N) is 1. The zero-order chi connectivity index (χ0) is 16.5. The first-order chi connectivity index (χ1) is 10.2. The van der Waals surface area contributed by atoms with Crippen LogP contribution in [0.25, 0.3) is 11.3 Å². The summed E-state index contributed by atoms with van der Waals surface area (Å²) in [6.45, 7) is 0. The molecule has 1 amide bonds. The Kier molecular flexibility index (Phi) is 4.52. The van der Waals surface area contributed by atoms with E-state index in [0.717, 1.165) is 4.47 Å². The summed E-state index contributed by atoms with van der Waals surface area (Å²) in [4.78, 5) is 25.6. The lowest BCUT2D eigenvalue weighted by atomic mass is 10.1. The molecule has 0 unspecified atom stereocenters. The van der Waals surface area contributed by atoms with E-state index in [4.69, 9.17) is 5.11 Å². The van der Waals surface area contributed by atoms with Gasteiger partial charge in [-0.25, -0.2) is 9.78 Å². The normalized spacial score (nSPS) is 11.3. The summed E-state index contributed by atoms with van der Waals surface area (Å²) in [6.07, 6.45) is -5.08. The van der Waals surface area contributed by atoms with Crippen LogP contribution in [0.3, 0.4) is 0 Å². The summed E-state index contributed by atoms with van der Waals surface area (Å²) >= 11 is 3.67. The molecule has 22 heavy (non-hydrogen) atoms. The van der Waals surface area contributed by atoms with Crippen LogP contribution in [0.15, 0.2) is 28.7 Å². The molecule has 0 atom stereocenters. The lowest BCUT2D eigenvalue weighted by molar-refractivity contribution is -0.167. The van der Waals surface area contributed by atoms with Crippen LogP contribution in [0.4, 0.5) is 18.3 Å². The van der Waals surface area contributed by atoms with Gasteiger partial charge in [0.25, 0.3) is 0 Å². The average Bonchev–Trinajstić information content (AvgIpc) is 2.82. The molecule has 0 fully saturated rings. The lowest BCUT2D eigenvalue weighted by Crippen LogP contribution is -2.29. The number of amides is 1. The Labute approximate surface area is 133 Å². The van der Waals surface area contributed by atoms with E-state index in [1.54, 1.807) is 29.6 Å². The Morgan fingerprint density at radius 2 is 1.82 bits per heavy atom. The van der Waals surface area contributed by atoms with Crippen molar-refractivity contribution in [2.45, 2.75) is 6.18 Å². The molecule has 1 heterocycles. The molecule has 2 rings (SSSR count). The van der Waals surface area contributed by atoms with Crippen LogP contribution in [0.1, 0.15) is 9.67 Å². The van der Waals surface area contributed by atoms with E-state index >= 15 is 0 Å². The highest BCUT2D eigenvalue weighted by molar-refractivity contribution is 9.10. The fraction of sp³-hybridized carbons (Fsp3) is 0.0833. The van der Waals surface area contributed by atoms with Crippen molar-refractivity contribution in [2.75, 3.05) is 5.32 Å². The fourth-order valence-corrected chi connectivity index (χ4v) is 2.58. The Morgan fingerprint density at radius 1 is 1.23 bits per heavy atom. The predicted octanol–water partition coefficient (Wildman–Crippen LogP) is 3.77. The number of anilines is 1. The summed E-state index contributed by atoms with van der Waals surface area (Å²) < 4.78 is 37.4. The van der Waals surface area contributed by atoms with Crippen molar-refractivity contribution in [2.24, 2.45) is 0 Å². The average molecular weight is 395 g/mol. The molecule has 2 aromatic rings. The summed E-state index contributed by atoms with van der Waals surface area (Å²) in [5.74, 6) is -3.55. The van der Waals surface area contributed by atoms with Crippen LogP contribution in [-0.4, -0.2) is 28.1 Å². The van der Waals surface area contributed by atoms with Crippen molar-refractivity contribution in [3.63, 3.8) is 0 Å². The molecule has 0 saturated carbocycles. The monoisotopic (exact) mass is 394 g/mol. The number of hydrogen-bond acceptors (Lipinski definition) is 4. The SMILES string of the molecule is O=C(O)c1sc(NC(=O)C(F)(F)F)nc1-c1ccc(Br)cc1. The van der Waals surface area contributed by atoms with E-state index in [1.807, 2.05) is 0 Å². The highest BCUT2D eigenvalue weighted by atomic mass is 79.9. The number of carbonyl (C=O) groups is 2. The molecule has 1 aromatic heterocycles. The van der Waals surface area contributed by atoms with Gasteiger partial charge in [-0.1, -0.05) is 39.4 Å². The first-order valence-electron chi connectivity index (χ1n) is 5.56. The van der Waals surface area contributed by atoms with Crippen molar-refractivity contribution < 1.29 is 27.9 Å². The topological polar surface area (TPSA) is 79.3 Å².